The van der Waals surface area contributed by atoms with Gasteiger partial charge in [0.25, 0.3) is 0 Å². The fraction of sp³-hybridized carbons (Fsp3) is 0.0588. The first kappa shape index (κ1) is 16.6. The maximum absolute atomic E-state index is 12.3. The molecule has 2 aromatic rings. The maximum Gasteiger partial charge on any atom is 0.212 e. The standard InChI is InChI=1S/C17H13Br2NO2/c1-20-15-8-7-13(19)10-14(17(15)22)16(21)9-4-11-2-5-12(18)6-3-11/h2-10H,1H3,(H,20,22). The highest BCUT2D eigenvalue weighted by atomic mass is 79.9. The summed E-state index contributed by atoms with van der Waals surface area (Å²) in [7, 11) is 1.65. The lowest BCUT2D eigenvalue weighted by Crippen LogP contribution is -2.14. The first-order valence-electron chi connectivity index (χ1n) is 6.51. The Labute approximate surface area is 145 Å². The van der Waals surface area contributed by atoms with Crippen molar-refractivity contribution >= 4 is 49.4 Å². The minimum atomic E-state index is -0.332. The predicted octanol–water partition coefficient (Wildman–Crippen LogP) is 4.51. The van der Waals surface area contributed by atoms with E-state index >= 15 is 0 Å². The minimum Gasteiger partial charge on any atom is -0.385 e. The van der Waals surface area contributed by atoms with Crippen molar-refractivity contribution in [3.63, 3.8) is 0 Å². The molecule has 0 spiro atoms. The Morgan fingerprint density at radius 2 is 1.68 bits per heavy atom. The lowest BCUT2D eigenvalue weighted by Gasteiger charge is -1.96. The third kappa shape index (κ3) is 4.15. The zero-order valence-electron chi connectivity index (χ0n) is 11.8. The molecular weight excluding hydrogens is 410 g/mol. The lowest BCUT2D eigenvalue weighted by molar-refractivity contribution is 0.104. The van der Waals surface area contributed by atoms with Gasteiger partial charge in [-0.2, -0.15) is 0 Å². The molecule has 0 radical (unpaired) electrons. The number of rotatable bonds is 4. The third-order valence-electron chi connectivity index (χ3n) is 3.01. The zero-order valence-corrected chi connectivity index (χ0v) is 14.9. The zero-order chi connectivity index (χ0) is 16.1. The second-order valence-corrected chi connectivity index (χ2v) is 6.35. The van der Waals surface area contributed by atoms with Gasteiger partial charge < -0.3 is 5.32 Å². The lowest BCUT2D eigenvalue weighted by atomic mass is 10.1. The summed E-state index contributed by atoms with van der Waals surface area (Å²) >= 11 is 6.67. The van der Waals surface area contributed by atoms with Gasteiger partial charge in [-0.3, -0.25) is 9.59 Å². The highest BCUT2D eigenvalue weighted by Crippen LogP contribution is 2.14. The second-order valence-electron chi connectivity index (χ2n) is 4.52. The Morgan fingerprint density at radius 3 is 2.32 bits per heavy atom. The summed E-state index contributed by atoms with van der Waals surface area (Å²) in [5.74, 6) is -0.332. The van der Waals surface area contributed by atoms with Crippen LogP contribution in [-0.2, 0) is 0 Å². The number of hydrogen-bond acceptors (Lipinski definition) is 3. The number of hydrogen-bond donors (Lipinski definition) is 1. The smallest absolute Gasteiger partial charge is 0.212 e. The van der Waals surface area contributed by atoms with Gasteiger partial charge in [-0.25, -0.2) is 0 Å². The molecule has 0 aliphatic carbocycles. The molecule has 0 unspecified atom stereocenters. The Morgan fingerprint density at radius 1 is 1.05 bits per heavy atom. The molecule has 0 fully saturated rings. The van der Waals surface area contributed by atoms with E-state index in [1.165, 1.54) is 12.1 Å². The summed E-state index contributed by atoms with van der Waals surface area (Å²) in [6, 6.07) is 12.4. The van der Waals surface area contributed by atoms with Crippen LogP contribution in [0.15, 0.2) is 62.3 Å². The van der Waals surface area contributed by atoms with Gasteiger partial charge in [-0.05, 0) is 42.0 Å². The summed E-state index contributed by atoms with van der Waals surface area (Å²) < 4.78 is 1.64. The summed E-state index contributed by atoms with van der Waals surface area (Å²) in [6.07, 6.45) is 3.10. The summed E-state index contributed by atoms with van der Waals surface area (Å²) in [5.41, 5.74) is 1.07. The van der Waals surface area contributed by atoms with Crippen molar-refractivity contribution in [3.8, 4) is 0 Å². The molecule has 0 atom stereocenters. The van der Waals surface area contributed by atoms with E-state index in [-0.39, 0.29) is 16.8 Å². The Kier molecular flexibility index (Phi) is 5.69. The van der Waals surface area contributed by atoms with Crippen LogP contribution in [-0.4, -0.2) is 12.8 Å². The van der Waals surface area contributed by atoms with Crippen LogP contribution in [0.25, 0.3) is 6.08 Å². The number of carbonyl (C=O) groups is 1. The van der Waals surface area contributed by atoms with Crippen LogP contribution in [0.1, 0.15) is 15.9 Å². The quantitative estimate of drug-likeness (QED) is 0.582. The molecule has 0 aromatic heterocycles. The van der Waals surface area contributed by atoms with Gasteiger partial charge in [0.1, 0.15) is 0 Å². The first-order valence-corrected chi connectivity index (χ1v) is 8.09. The van der Waals surface area contributed by atoms with E-state index in [0.29, 0.717) is 10.2 Å². The first-order chi connectivity index (χ1) is 10.5. The SMILES string of the molecule is CNc1ccc(Br)cc(C(=O)C=Cc2ccc(Br)cc2)c1=O. The maximum atomic E-state index is 12.3. The third-order valence-corrected chi connectivity index (χ3v) is 4.03. The number of ketones is 1. The second kappa shape index (κ2) is 7.51. The molecule has 3 nitrogen and oxygen atoms in total. The number of carbonyl (C=O) groups excluding carboxylic acids is 1. The highest BCUT2D eigenvalue weighted by Gasteiger charge is 2.10. The molecule has 0 heterocycles. The normalized spacial score (nSPS) is 10.7. The molecule has 112 valence electrons. The van der Waals surface area contributed by atoms with E-state index in [1.54, 1.807) is 25.3 Å². The van der Waals surface area contributed by atoms with Crippen molar-refractivity contribution in [2.45, 2.75) is 0 Å². The van der Waals surface area contributed by atoms with Crippen LogP contribution in [0.4, 0.5) is 5.69 Å². The molecule has 0 amide bonds. The van der Waals surface area contributed by atoms with Gasteiger partial charge in [0.2, 0.25) is 5.43 Å². The molecule has 2 rings (SSSR count). The summed E-state index contributed by atoms with van der Waals surface area (Å²) in [5, 5.41) is 2.80. The molecule has 0 saturated heterocycles. The molecule has 2 aromatic carbocycles. The average Bonchev–Trinajstić information content (AvgIpc) is 2.65. The van der Waals surface area contributed by atoms with E-state index in [2.05, 4.69) is 37.2 Å². The van der Waals surface area contributed by atoms with Crippen molar-refractivity contribution in [1.82, 2.24) is 0 Å². The molecule has 1 N–H and O–H groups in total. The topological polar surface area (TPSA) is 46.2 Å². The van der Waals surface area contributed by atoms with Gasteiger partial charge in [-0.1, -0.05) is 50.1 Å². The fourth-order valence-electron chi connectivity index (χ4n) is 1.85. The van der Waals surface area contributed by atoms with Crippen molar-refractivity contribution in [2.75, 3.05) is 12.4 Å². The number of anilines is 1. The van der Waals surface area contributed by atoms with Crippen molar-refractivity contribution in [1.29, 1.82) is 0 Å². The molecule has 22 heavy (non-hydrogen) atoms. The van der Waals surface area contributed by atoms with Crippen LogP contribution in [0.5, 0.6) is 0 Å². The average molecular weight is 423 g/mol. The molecule has 0 bridgehead atoms. The Bertz CT molecular complexity index is 784. The van der Waals surface area contributed by atoms with Gasteiger partial charge in [0.15, 0.2) is 5.78 Å². The van der Waals surface area contributed by atoms with E-state index in [0.717, 1.165) is 10.0 Å². The van der Waals surface area contributed by atoms with Crippen LogP contribution in [0.3, 0.4) is 0 Å². The van der Waals surface area contributed by atoms with Crippen LogP contribution in [0, 0.1) is 0 Å². The monoisotopic (exact) mass is 421 g/mol. The van der Waals surface area contributed by atoms with Crippen LogP contribution >= 0.6 is 31.9 Å². The Balaban J connectivity index is 2.38. The highest BCUT2D eigenvalue weighted by molar-refractivity contribution is 9.10. The van der Waals surface area contributed by atoms with Gasteiger partial charge in [-0.15, -0.1) is 0 Å². The largest absolute Gasteiger partial charge is 0.385 e. The summed E-state index contributed by atoms with van der Waals surface area (Å²) in [4.78, 5) is 24.6. The van der Waals surface area contributed by atoms with Gasteiger partial charge >= 0.3 is 0 Å². The van der Waals surface area contributed by atoms with Crippen molar-refractivity contribution in [2.24, 2.45) is 0 Å². The van der Waals surface area contributed by atoms with Crippen molar-refractivity contribution in [3.05, 3.63) is 78.8 Å². The minimum absolute atomic E-state index is 0.120. The number of allylic oxidation sites excluding steroid dienone is 1. The van der Waals surface area contributed by atoms with Crippen molar-refractivity contribution < 1.29 is 4.79 Å². The molecule has 5 heteroatoms. The number of nitrogens with one attached hydrogen (secondary N) is 1. The number of halogens is 2. The Hall–Kier alpha value is -1.72. The predicted molar refractivity (Wildman–Crippen MR) is 97.5 cm³/mol. The fourth-order valence-corrected chi connectivity index (χ4v) is 2.48. The number of benzene rings is 1. The van der Waals surface area contributed by atoms with Gasteiger partial charge in [0.05, 0.1) is 11.3 Å². The van der Waals surface area contributed by atoms with E-state index in [9.17, 15) is 9.59 Å². The van der Waals surface area contributed by atoms with E-state index in [1.807, 2.05) is 24.3 Å². The van der Waals surface area contributed by atoms with Crippen LogP contribution < -0.4 is 10.7 Å². The molecule has 0 aliphatic heterocycles. The van der Waals surface area contributed by atoms with E-state index in [4.69, 9.17) is 0 Å². The molecular formula is C17H13Br2NO2. The summed E-state index contributed by atoms with van der Waals surface area (Å²) in [6.45, 7) is 0. The van der Waals surface area contributed by atoms with E-state index < -0.39 is 0 Å². The molecule has 0 aliphatic rings. The molecule has 0 saturated carbocycles. The van der Waals surface area contributed by atoms with Crippen LogP contribution in [0.2, 0.25) is 0 Å². The van der Waals surface area contributed by atoms with Gasteiger partial charge in [0, 0.05) is 16.0 Å².